The molecule has 6 atom stereocenters. The van der Waals surface area contributed by atoms with Gasteiger partial charge in [-0.2, -0.15) is 4.98 Å². The maximum Gasteiger partial charge on any atom is 0.351 e. The van der Waals surface area contributed by atoms with Crippen LogP contribution in [0, 0.1) is 5.82 Å². The number of hydrogen-bond donors (Lipinski definition) is 1. The fourth-order valence-corrected chi connectivity index (χ4v) is 4.47. The Morgan fingerprint density at radius 2 is 1.88 bits per heavy atom. The summed E-state index contributed by atoms with van der Waals surface area (Å²) in [5.74, 6) is -1.62. The van der Waals surface area contributed by atoms with Gasteiger partial charge < -0.3 is 29.4 Å². The molecule has 186 valence electrons. The number of halogens is 3. The highest BCUT2D eigenvalue weighted by atomic mass is 19.1. The Labute approximate surface area is 189 Å². The van der Waals surface area contributed by atoms with Gasteiger partial charge in [0.25, 0.3) is 0 Å². The molecule has 0 spiro atoms. The number of nitrogens with zero attached hydrogens (tertiary/aromatic N) is 2. The molecule has 1 aromatic rings. The van der Waals surface area contributed by atoms with Crippen LogP contribution in [0.2, 0.25) is 0 Å². The second kappa shape index (κ2) is 10.7. The second-order valence-corrected chi connectivity index (χ2v) is 8.58. The van der Waals surface area contributed by atoms with Gasteiger partial charge in [-0.25, -0.2) is 13.6 Å². The Morgan fingerprint density at radius 1 is 1.18 bits per heavy atom. The van der Waals surface area contributed by atoms with Gasteiger partial charge in [0.05, 0.1) is 19.5 Å². The smallest absolute Gasteiger partial charge is 0.351 e. The molecule has 1 aromatic heterocycles. The SMILES string of the molecule is Nc1nc(=O)n([C@@H]2O[C@](CCF)(COC3CCCCO3)[C@@H](OC3CCCCO3)[C@@H]2F)cc1F. The Kier molecular flexibility index (Phi) is 7.90. The molecule has 3 aliphatic heterocycles. The predicted octanol–water partition coefficient (Wildman–Crippen LogP) is 2.38. The summed E-state index contributed by atoms with van der Waals surface area (Å²) in [6.07, 6.45) is -1.05. The molecule has 4 heterocycles. The Bertz CT molecular complexity index is 849. The summed E-state index contributed by atoms with van der Waals surface area (Å²) in [7, 11) is 0. The molecule has 0 aliphatic carbocycles. The molecule has 3 aliphatic rings. The highest BCUT2D eigenvalue weighted by Crippen LogP contribution is 2.44. The first-order valence-corrected chi connectivity index (χ1v) is 11.4. The lowest BCUT2D eigenvalue weighted by Crippen LogP contribution is -2.51. The highest BCUT2D eigenvalue weighted by molar-refractivity contribution is 5.26. The summed E-state index contributed by atoms with van der Waals surface area (Å²) in [4.78, 5) is 15.7. The molecule has 33 heavy (non-hydrogen) atoms. The lowest BCUT2D eigenvalue weighted by Gasteiger charge is -2.37. The number of nitrogens with two attached hydrogens (primary N) is 1. The molecule has 0 bridgehead atoms. The van der Waals surface area contributed by atoms with E-state index >= 15 is 4.39 Å². The van der Waals surface area contributed by atoms with Gasteiger partial charge in [-0.3, -0.25) is 8.96 Å². The van der Waals surface area contributed by atoms with Crippen molar-refractivity contribution >= 4 is 5.82 Å². The van der Waals surface area contributed by atoms with Crippen LogP contribution in [0.3, 0.4) is 0 Å². The molecular formula is C21H30F3N3O6. The van der Waals surface area contributed by atoms with Crippen LogP contribution >= 0.6 is 0 Å². The summed E-state index contributed by atoms with van der Waals surface area (Å²) in [5.41, 5.74) is 2.75. The van der Waals surface area contributed by atoms with Crippen molar-refractivity contribution in [3.05, 3.63) is 22.5 Å². The zero-order valence-electron chi connectivity index (χ0n) is 18.3. The van der Waals surface area contributed by atoms with E-state index in [4.69, 9.17) is 29.4 Å². The van der Waals surface area contributed by atoms with Crippen molar-refractivity contribution < 1.29 is 36.9 Å². The number of hydrogen-bond acceptors (Lipinski definition) is 8. The minimum absolute atomic E-state index is 0.241. The number of rotatable bonds is 8. The molecule has 0 radical (unpaired) electrons. The minimum atomic E-state index is -1.96. The zero-order valence-corrected chi connectivity index (χ0v) is 18.3. The molecule has 0 amide bonds. The quantitative estimate of drug-likeness (QED) is 0.608. The minimum Gasteiger partial charge on any atom is -0.381 e. The van der Waals surface area contributed by atoms with E-state index in [2.05, 4.69) is 4.98 Å². The van der Waals surface area contributed by atoms with Crippen molar-refractivity contribution in [2.75, 3.05) is 32.2 Å². The van der Waals surface area contributed by atoms with Gasteiger partial charge in [-0.1, -0.05) is 0 Å². The molecule has 0 saturated carbocycles. The summed E-state index contributed by atoms with van der Waals surface area (Å²) in [6.45, 7) is -0.121. The molecule has 12 heteroatoms. The Balaban J connectivity index is 1.63. The van der Waals surface area contributed by atoms with E-state index in [-0.39, 0.29) is 13.0 Å². The monoisotopic (exact) mass is 477 g/mol. The van der Waals surface area contributed by atoms with Crippen LogP contribution in [-0.2, 0) is 23.7 Å². The molecule has 3 fully saturated rings. The van der Waals surface area contributed by atoms with Crippen LogP contribution in [0.15, 0.2) is 11.0 Å². The first kappa shape index (κ1) is 24.4. The van der Waals surface area contributed by atoms with Crippen molar-refractivity contribution in [1.29, 1.82) is 0 Å². The van der Waals surface area contributed by atoms with E-state index in [1.807, 2.05) is 0 Å². The lowest BCUT2D eigenvalue weighted by molar-refractivity contribution is -0.250. The van der Waals surface area contributed by atoms with E-state index in [1.165, 1.54) is 0 Å². The van der Waals surface area contributed by atoms with Crippen LogP contribution in [0.25, 0.3) is 0 Å². The van der Waals surface area contributed by atoms with Gasteiger partial charge in [0.2, 0.25) is 0 Å². The van der Waals surface area contributed by atoms with Gasteiger partial charge in [-0.05, 0) is 38.5 Å². The van der Waals surface area contributed by atoms with Crippen LogP contribution in [0.1, 0.15) is 51.2 Å². The van der Waals surface area contributed by atoms with Gasteiger partial charge in [0.1, 0.15) is 11.7 Å². The van der Waals surface area contributed by atoms with Crippen LogP contribution in [-0.4, -0.2) is 66.5 Å². The predicted molar refractivity (Wildman–Crippen MR) is 109 cm³/mol. The van der Waals surface area contributed by atoms with Crippen molar-refractivity contribution in [2.45, 2.75) is 81.6 Å². The summed E-state index contributed by atoms with van der Waals surface area (Å²) in [5, 5.41) is 0. The zero-order chi connectivity index (χ0) is 23.4. The molecule has 9 nitrogen and oxygen atoms in total. The average molecular weight is 477 g/mol. The fraction of sp³-hybridized carbons (Fsp3) is 0.810. The topological polar surface area (TPSA) is 107 Å². The van der Waals surface area contributed by atoms with Crippen molar-refractivity contribution in [2.24, 2.45) is 0 Å². The van der Waals surface area contributed by atoms with Crippen LogP contribution < -0.4 is 11.4 Å². The third-order valence-electron chi connectivity index (χ3n) is 6.25. The maximum absolute atomic E-state index is 15.8. The average Bonchev–Trinajstić information content (AvgIpc) is 3.08. The number of anilines is 1. The van der Waals surface area contributed by atoms with Crippen molar-refractivity contribution in [1.82, 2.24) is 9.55 Å². The van der Waals surface area contributed by atoms with Gasteiger partial charge >= 0.3 is 5.69 Å². The molecule has 4 rings (SSSR count). The van der Waals surface area contributed by atoms with Crippen molar-refractivity contribution in [3.8, 4) is 0 Å². The molecule has 2 unspecified atom stereocenters. The number of alkyl halides is 2. The second-order valence-electron chi connectivity index (χ2n) is 8.58. The highest BCUT2D eigenvalue weighted by Gasteiger charge is 2.58. The lowest BCUT2D eigenvalue weighted by atomic mass is 9.92. The first-order chi connectivity index (χ1) is 15.9. The molecule has 2 N–H and O–H groups in total. The van der Waals surface area contributed by atoms with E-state index < -0.39 is 60.7 Å². The van der Waals surface area contributed by atoms with E-state index in [0.717, 1.165) is 31.9 Å². The van der Waals surface area contributed by atoms with Crippen LogP contribution in [0.5, 0.6) is 0 Å². The normalized spacial score (nSPS) is 35.1. The Hall–Kier alpha value is -1.73. The van der Waals surface area contributed by atoms with Gasteiger partial charge in [0.15, 0.2) is 36.6 Å². The summed E-state index contributed by atoms with van der Waals surface area (Å²) in [6, 6.07) is 0. The van der Waals surface area contributed by atoms with E-state index in [0.29, 0.717) is 30.6 Å². The van der Waals surface area contributed by atoms with E-state index in [9.17, 15) is 13.6 Å². The largest absolute Gasteiger partial charge is 0.381 e. The Morgan fingerprint density at radius 3 is 2.52 bits per heavy atom. The summed E-state index contributed by atoms with van der Waals surface area (Å²) >= 11 is 0. The first-order valence-electron chi connectivity index (χ1n) is 11.4. The van der Waals surface area contributed by atoms with E-state index in [1.54, 1.807) is 0 Å². The number of ether oxygens (including phenoxy) is 5. The molecular weight excluding hydrogens is 447 g/mol. The maximum atomic E-state index is 15.8. The van der Waals surface area contributed by atoms with Crippen LogP contribution in [0.4, 0.5) is 19.0 Å². The van der Waals surface area contributed by atoms with Crippen molar-refractivity contribution in [3.63, 3.8) is 0 Å². The summed E-state index contributed by atoms with van der Waals surface area (Å²) < 4.78 is 73.2. The third-order valence-corrected chi connectivity index (χ3v) is 6.25. The fourth-order valence-electron chi connectivity index (χ4n) is 4.47. The number of aromatic nitrogens is 2. The van der Waals surface area contributed by atoms with Gasteiger partial charge in [0, 0.05) is 19.6 Å². The molecule has 0 aromatic carbocycles. The van der Waals surface area contributed by atoms with Gasteiger partial charge in [-0.15, -0.1) is 0 Å². The standard InChI is InChI=1S/C21H30F3N3O6/c22-8-7-21(12-31-14-5-1-3-9-29-14)17(32-15-6-2-4-10-30-15)16(24)19(33-21)27-11-13(23)18(25)26-20(27)28/h11,14-17,19H,1-10,12H2,(H2,25,26,28)/t14?,15?,16-,17-,19+,21+/m0/s1. The number of nitrogen functional groups attached to an aromatic ring is 1. The third kappa shape index (κ3) is 5.35. The molecule has 3 saturated heterocycles.